The van der Waals surface area contributed by atoms with Crippen LogP contribution < -0.4 is 0 Å². The van der Waals surface area contributed by atoms with Crippen LogP contribution in [0.25, 0.3) is 0 Å². The van der Waals surface area contributed by atoms with E-state index in [0.717, 1.165) is 5.56 Å². The lowest BCUT2D eigenvalue weighted by Gasteiger charge is -2.00. The van der Waals surface area contributed by atoms with Gasteiger partial charge in [0, 0.05) is 35.5 Å². The number of phenolic OH excluding ortho intramolecular Hbond substituents is 1. The molecule has 2 rings (SSSR count). The first-order valence-corrected chi connectivity index (χ1v) is 6.66. The van der Waals surface area contributed by atoms with E-state index >= 15 is 0 Å². The summed E-state index contributed by atoms with van der Waals surface area (Å²) in [6, 6.07) is 11.3. The summed E-state index contributed by atoms with van der Waals surface area (Å²) in [5, 5.41) is 21.0. The second kappa shape index (κ2) is 6.85. The molecule has 0 saturated heterocycles. The van der Waals surface area contributed by atoms with E-state index in [-0.39, 0.29) is 11.4 Å². The van der Waals surface area contributed by atoms with Crippen molar-refractivity contribution >= 4 is 23.5 Å². The van der Waals surface area contributed by atoms with Crippen molar-refractivity contribution in [3.63, 3.8) is 0 Å². The van der Waals surface area contributed by atoms with Gasteiger partial charge in [0.25, 0.3) is 5.69 Å². The van der Waals surface area contributed by atoms with Gasteiger partial charge in [-0.25, -0.2) is 0 Å². The molecule has 2 aromatic rings. The molecule has 0 aromatic heterocycles. The van der Waals surface area contributed by atoms with Gasteiger partial charge in [-0.1, -0.05) is 23.7 Å². The summed E-state index contributed by atoms with van der Waals surface area (Å²) < 4.78 is 0. The third-order valence-electron chi connectivity index (χ3n) is 2.87. The van der Waals surface area contributed by atoms with Crippen molar-refractivity contribution in [1.29, 1.82) is 0 Å². The number of hydrogen-bond donors (Lipinski definition) is 1. The van der Waals surface area contributed by atoms with Gasteiger partial charge in [-0.2, -0.15) is 0 Å². The fourth-order valence-corrected chi connectivity index (χ4v) is 2.02. The van der Waals surface area contributed by atoms with Crippen molar-refractivity contribution < 1.29 is 10.0 Å². The summed E-state index contributed by atoms with van der Waals surface area (Å²) in [6.07, 6.45) is 2.14. The lowest BCUT2D eigenvalue weighted by atomic mass is 10.1. The molecular weight excluding hydrogens is 292 g/mol. The third-order valence-corrected chi connectivity index (χ3v) is 3.11. The molecule has 108 valence electrons. The molecule has 0 unspecified atom stereocenters. The zero-order valence-corrected chi connectivity index (χ0v) is 11.8. The minimum atomic E-state index is -0.511. The van der Waals surface area contributed by atoms with Gasteiger partial charge in [-0.15, -0.1) is 0 Å². The maximum Gasteiger partial charge on any atom is 0.270 e. The highest BCUT2D eigenvalue weighted by Crippen LogP contribution is 2.21. The molecule has 0 spiro atoms. The number of benzene rings is 2. The van der Waals surface area contributed by atoms with Gasteiger partial charge in [0.15, 0.2) is 0 Å². The monoisotopic (exact) mass is 304 g/mol. The van der Waals surface area contributed by atoms with Gasteiger partial charge in [-0.05, 0) is 30.2 Å². The van der Waals surface area contributed by atoms with Crippen LogP contribution >= 0.6 is 11.6 Å². The number of rotatable bonds is 5. The summed E-state index contributed by atoms with van der Waals surface area (Å²) in [5.74, 6) is -0.0351. The average Bonchev–Trinajstić information content (AvgIpc) is 2.45. The molecule has 0 amide bonds. The largest absolute Gasteiger partial charge is 0.507 e. The predicted molar refractivity (Wildman–Crippen MR) is 82.4 cm³/mol. The Morgan fingerprint density at radius 2 is 2.10 bits per heavy atom. The van der Waals surface area contributed by atoms with Gasteiger partial charge >= 0.3 is 0 Å². The fourth-order valence-electron chi connectivity index (χ4n) is 1.81. The number of nitro benzene ring substituents is 1. The number of halogens is 1. The summed E-state index contributed by atoms with van der Waals surface area (Å²) in [5.41, 5.74) is 1.31. The van der Waals surface area contributed by atoms with E-state index < -0.39 is 4.92 Å². The predicted octanol–water partition coefficient (Wildman–Crippen LogP) is 3.62. The van der Waals surface area contributed by atoms with E-state index in [9.17, 15) is 15.2 Å². The Bertz CT molecular complexity index is 686. The molecule has 0 aliphatic heterocycles. The first-order valence-electron chi connectivity index (χ1n) is 6.28. The molecule has 0 atom stereocenters. The number of phenols is 1. The number of hydrogen-bond acceptors (Lipinski definition) is 4. The minimum absolute atomic E-state index is 0.0351. The fraction of sp³-hybridized carbons (Fsp3) is 0.133. The van der Waals surface area contributed by atoms with E-state index in [1.165, 1.54) is 24.4 Å². The van der Waals surface area contributed by atoms with Crippen LogP contribution in [0.3, 0.4) is 0 Å². The van der Waals surface area contributed by atoms with Crippen molar-refractivity contribution in [2.45, 2.75) is 6.42 Å². The Morgan fingerprint density at radius 3 is 2.81 bits per heavy atom. The minimum Gasteiger partial charge on any atom is -0.507 e. The first-order chi connectivity index (χ1) is 10.1. The number of aliphatic imine (C=N–C) groups is 1. The molecule has 0 bridgehead atoms. The van der Waals surface area contributed by atoms with Crippen molar-refractivity contribution in [2.75, 3.05) is 6.54 Å². The molecule has 0 aliphatic carbocycles. The van der Waals surface area contributed by atoms with Gasteiger partial charge in [0.05, 0.1) is 4.92 Å². The third kappa shape index (κ3) is 4.29. The van der Waals surface area contributed by atoms with Crippen molar-refractivity contribution in [3.05, 3.63) is 68.7 Å². The molecule has 0 saturated carbocycles. The molecule has 0 radical (unpaired) electrons. The lowest BCUT2D eigenvalue weighted by Crippen LogP contribution is -1.93. The van der Waals surface area contributed by atoms with Crippen molar-refractivity contribution in [1.82, 2.24) is 0 Å². The highest BCUT2D eigenvalue weighted by atomic mass is 35.5. The Kier molecular flexibility index (Phi) is 4.90. The molecule has 1 N–H and O–H groups in total. The molecule has 0 fully saturated rings. The molecule has 21 heavy (non-hydrogen) atoms. The van der Waals surface area contributed by atoms with E-state index in [2.05, 4.69) is 4.99 Å². The van der Waals surface area contributed by atoms with E-state index in [0.29, 0.717) is 23.6 Å². The summed E-state index contributed by atoms with van der Waals surface area (Å²) in [6.45, 7) is 0.502. The standard InChI is InChI=1S/C15H13ClN2O3/c16-13-3-1-2-11(8-13)6-7-17-10-12-9-14(18(20)21)4-5-15(12)19/h1-5,8-10,19H,6-7H2. The normalized spacial score (nSPS) is 10.9. The summed E-state index contributed by atoms with van der Waals surface area (Å²) >= 11 is 5.89. The summed E-state index contributed by atoms with van der Waals surface area (Å²) in [4.78, 5) is 14.3. The zero-order valence-electron chi connectivity index (χ0n) is 11.1. The number of aromatic hydroxyl groups is 1. The quantitative estimate of drug-likeness (QED) is 0.521. The highest BCUT2D eigenvalue weighted by molar-refractivity contribution is 6.30. The average molecular weight is 305 g/mol. The van der Waals surface area contributed by atoms with Gasteiger partial charge in [-0.3, -0.25) is 15.1 Å². The maximum absolute atomic E-state index is 10.7. The van der Waals surface area contributed by atoms with E-state index in [1.54, 1.807) is 6.07 Å². The summed E-state index contributed by atoms with van der Waals surface area (Å²) in [7, 11) is 0. The van der Waals surface area contributed by atoms with Crippen molar-refractivity contribution in [3.8, 4) is 5.75 Å². The Hall–Kier alpha value is -2.40. The molecule has 0 heterocycles. The lowest BCUT2D eigenvalue weighted by molar-refractivity contribution is -0.384. The van der Waals surface area contributed by atoms with Crippen LogP contribution in [-0.2, 0) is 6.42 Å². The topological polar surface area (TPSA) is 75.7 Å². The van der Waals surface area contributed by atoms with Crippen LogP contribution in [0.5, 0.6) is 5.75 Å². The smallest absolute Gasteiger partial charge is 0.270 e. The number of nitro groups is 1. The Labute approximate surface area is 126 Å². The van der Waals surface area contributed by atoms with Crippen LogP contribution in [-0.4, -0.2) is 22.8 Å². The van der Waals surface area contributed by atoms with Crippen LogP contribution in [0.4, 0.5) is 5.69 Å². The van der Waals surface area contributed by atoms with Crippen molar-refractivity contribution in [2.24, 2.45) is 4.99 Å². The van der Waals surface area contributed by atoms with Gasteiger partial charge in [0.2, 0.25) is 0 Å². The number of non-ortho nitro benzene ring substituents is 1. The zero-order chi connectivity index (χ0) is 15.2. The maximum atomic E-state index is 10.7. The Morgan fingerprint density at radius 1 is 1.29 bits per heavy atom. The van der Waals surface area contributed by atoms with Crippen LogP contribution in [0.15, 0.2) is 47.5 Å². The van der Waals surface area contributed by atoms with E-state index in [1.807, 2.05) is 18.2 Å². The molecule has 5 nitrogen and oxygen atoms in total. The van der Waals surface area contributed by atoms with E-state index in [4.69, 9.17) is 11.6 Å². The van der Waals surface area contributed by atoms with Gasteiger partial charge in [0.1, 0.15) is 5.75 Å². The van der Waals surface area contributed by atoms with Crippen LogP contribution in [0, 0.1) is 10.1 Å². The van der Waals surface area contributed by atoms with Crippen LogP contribution in [0.1, 0.15) is 11.1 Å². The first kappa shape index (κ1) is 15.0. The molecule has 6 heteroatoms. The molecule has 0 aliphatic rings. The molecular formula is C15H13ClN2O3. The van der Waals surface area contributed by atoms with Gasteiger partial charge < -0.3 is 5.11 Å². The highest BCUT2D eigenvalue weighted by Gasteiger charge is 2.08. The second-order valence-corrected chi connectivity index (χ2v) is 4.85. The number of nitrogens with zero attached hydrogens (tertiary/aromatic N) is 2. The van der Waals surface area contributed by atoms with Crippen LogP contribution in [0.2, 0.25) is 5.02 Å². The molecule has 2 aromatic carbocycles. The SMILES string of the molecule is O=[N+]([O-])c1ccc(O)c(C=NCCc2cccc(Cl)c2)c1. The second-order valence-electron chi connectivity index (χ2n) is 4.42. The Balaban J connectivity index is 2.01.